The van der Waals surface area contributed by atoms with Crippen molar-refractivity contribution in [3.63, 3.8) is 0 Å². The molecule has 1 heterocycles. The first kappa shape index (κ1) is 10.0. The molecule has 1 N–H and O–H groups in total. The first-order valence-corrected chi connectivity index (χ1v) is 5.68. The Kier molecular flexibility index (Phi) is 2.18. The minimum Gasteiger partial charge on any atom is -0.161 e. The minimum absolute atomic E-state index is 0.991. The molecule has 0 aliphatic carbocycles. The number of nitrogens with zero attached hydrogens (tertiary/aromatic N) is 2. The Hall–Kier alpha value is -2.16. The maximum atomic E-state index is 4.53. The van der Waals surface area contributed by atoms with Gasteiger partial charge in [0.1, 0.15) is 5.69 Å². The van der Waals surface area contributed by atoms with E-state index in [1.807, 2.05) is 4.80 Å². The van der Waals surface area contributed by atoms with Crippen LogP contribution in [0.3, 0.4) is 0 Å². The number of aryl methyl sites for hydroxylation is 2. The van der Waals surface area contributed by atoms with E-state index in [1.165, 1.54) is 11.1 Å². The summed E-state index contributed by atoms with van der Waals surface area (Å²) < 4.78 is 0. The van der Waals surface area contributed by atoms with Gasteiger partial charge in [0.2, 0.25) is 5.52 Å². The second-order valence-electron chi connectivity index (χ2n) is 4.38. The van der Waals surface area contributed by atoms with E-state index >= 15 is 0 Å². The largest absolute Gasteiger partial charge is 0.249 e. The molecule has 0 spiro atoms. The molecule has 3 aromatic rings. The predicted octanol–water partition coefficient (Wildman–Crippen LogP) is 2.46. The van der Waals surface area contributed by atoms with Crippen molar-refractivity contribution in [2.45, 2.75) is 13.8 Å². The van der Waals surface area contributed by atoms with Gasteiger partial charge in [-0.25, -0.2) is 0 Å². The summed E-state index contributed by atoms with van der Waals surface area (Å²) in [6, 6.07) is 14.5. The van der Waals surface area contributed by atoms with Gasteiger partial charge in [0, 0.05) is 0 Å². The Labute approximate surface area is 99.7 Å². The van der Waals surface area contributed by atoms with Crippen LogP contribution >= 0.6 is 0 Å². The van der Waals surface area contributed by atoms with Crippen molar-refractivity contribution in [3.05, 3.63) is 53.6 Å². The van der Waals surface area contributed by atoms with Crippen LogP contribution in [0.2, 0.25) is 0 Å². The van der Waals surface area contributed by atoms with Crippen LogP contribution in [0.1, 0.15) is 11.1 Å². The van der Waals surface area contributed by atoms with E-state index in [-0.39, 0.29) is 0 Å². The van der Waals surface area contributed by atoms with Gasteiger partial charge >= 0.3 is 0 Å². The monoisotopic (exact) mass is 224 g/mol. The van der Waals surface area contributed by atoms with E-state index in [0.717, 1.165) is 16.7 Å². The Bertz CT molecular complexity index is 666. The molecule has 2 aromatic carbocycles. The second-order valence-corrected chi connectivity index (χ2v) is 4.38. The van der Waals surface area contributed by atoms with Crippen molar-refractivity contribution in [2.75, 3.05) is 0 Å². The molecule has 0 amide bonds. The zero-order valence-corrected chi connectivity index (χ0v) is 9.94. The van der Waals surface area contributed by atoms with Crippen molar-refractivity contribution in [1.29, 1.82) is 0 Å². The van der Waals surface area contributed by atoms with Gasteiger partial charge in [0.05, 0.1) is 5.10 Å². The molecule has 84 valence electrons. The van der Waals surface area contributed by atoms with Crippen LogP contribution in [0.25, 0.3) is 16.7 Å². The van der Waals surface area contributed by atoms with Crippen molar-refractivity contribution in [3.8, 4) is 5.69 Å². The number of fused-ring (bicyclic) bond motifs is 1. The summed E-state index contributed by atoms with van der Waals surface area (Å²) >= 11 is 0. The van der Waals surface area contributed by atoms with Crippen LogP contribution in [-0.4, -0.2) is 9.90 Å². The van der Waals surface area contributed by atoms with Crippen molar-refractivity contribution in [2.24, 2.45) is 0 Å². The van der Waals surface area contributed by atoms with Gasteiger partial charge in [0.25, 0.3) is 0 Å². The van der Waals surface area contributed by atoms with E-state index in [2.05, 4.69) is 66.5 Å². The number of hydrogen-bond donors (Lipinski definition) is 0. The maximum absolute atomic E-state index is 4.53. The number of hydrogen-bond acceptors (Lipinski definition) is 1. The first-order valence-electron chi connectivity index (χ1n) is 5.68. The van der Waals surface area contributed by atoms with Crippen molar-refractivity contribution in [1.82, 2.24) is 9.90 Å². The second kappa shape index (κ2) is 3.70. The van der Waals surface area contributed by atoms with Crippen LogP contribution in [0, 0.1) is 13.8 Å². The summed E-state index contributed by atoms with van der Waals surface area (Å²) in [4.78, 5) is 1.81. The molecule has 0 fully saturated rings. The first-order chi connectivity index (χ1) is 8.22. The normalized spacial score (nSPS) is 10.9. The van der Waals surface area contributed by atoms with Crippen LogP contribution in [0.5, 0.6) is 0 Å². The van der Waals surface area contributed by atoms with Crippen molar-refractivity contribution < 1.29 is 5.10 Å². The summed E-state index contributed by atoms with van der Waals surface area (Å²) in [6.07, 6.45) is 0. The van der Waals surface area contributed by atoms with Crippen LogP contribution in [-0.2, 0) is 0 Å². The Morgan fingerprint density at radius 1 is 0.941 bits per heavy atom. The fraction of sp³-hybridized carbons (Fsp3) is 0.143. The average Bonchev–Trinajstić information content (AvgIpc) is 2.72. The standard InChI is InChI=1S/C14H13N3/c1-10-3-6-12(7-4-10)17-15-13-8-5-11(2)9-14(13)16-17/h3-9H,1-2H3/p+1. The van der Waals surface area contributed by atoms with Crippen LogP contribution in [0.15, 0.2) is 42.5 Å². The van der Waals surface area contributed by atoms with Gasteiger partial charge in [-0.3, -0.25) is 0 Å². The third-order valence-electron chi connectivity index (χ3n) is 2.87. The highest BCUT2D eigenvalue weighted by atomic mass is 15.5. The molecule has 3 nitrogen and oxygen atoms in total. The SMILES string of the molecule is Cc1ccc(-n2nc3cc(C)ccc3[nH+]2)cc1. The number of H-pyrrole nitrogens is 1. The smallest absolute Gasteiger partial charge is 0.161 e. The summed E-state index contributed by atoms with van der Waals surface area (Å²) in [5.41, 5.74) is 5.56. The number of aromatic amines is 1. The highest BCUT2D eigenvalue weighted by Crippen LogP contribution is 2.11. The lowest BCUT2D eigenvalue weighted by Gasteiger charge is -1.93. The molecule has 17 heavy (non-hydrogen) atoms. The van der Waals surface area contributed by atoms with Gasteiger partial charge in [0.15, 0.2) is 5.52 Å². The van der Waals surface area contributed by atoms with E-state index < -0.39 is 0 Å². The molecule has 0 bridgehead atoms. The quantitative estimate of drug-likeness (QED) is 0.624. The summed E-state index contributed by atoms with van der Waals surface area (Å²) in [7, 11) is 0. The van der Waals surface area contributed by atoms with Gasteiger partial charge in [-0.05, 0) is 48.5 Å². The van der Waals surface area contributed by atoms with Gasteiger partial charge in [-0.1, -0.05) is 23.8 Å². The summed E-state index contributed by atoms with van der Waals surface area (Å²) in [5, 5.41) is 7.80. The van der Waals surface area contributed by atoms with Crippen molar-refractivity contribution >= 4 is 11.0 Å². The molecule has 3 rings (SSSR count). The Balaban J connectivity index is 2.14. The predicted molar refractivity (Wildman–Crippen MR) is 67.1 cm³/mol. The fourth-order valence-corrected chi connectivity index (χ4v) is 1.87. The molecule has 3 heteroatoms. The minimum atomic E-state index is 0.991. The lowest BCUT2D eigenvalue weighted by molar-refractivity contribution is -0.454. The molecule has 1 aromatic heterocycles. The lowest BCUT2D eigenvalue weighted by Crippen LogP contribution is -2.17. The highest BCUT2D eigenvalue weighted by molar-refractivity contribution is 5.71. The lowest BCUT2D eigenvalue weighted by atomic mass is 10.2. The molecular weight excluding hydrogens is 210 g/mol. The van der Waals surface area contributed by atoms with E-state index in [0.29, 0.717) is 0 Å². The van der Waals surface area contributed by atoms with Gasteiger partial charge in [-0.15, -0.1) is 0 Å². The summed E-state index contributed by atoms with van der Waals surface area (Å²) in [5.74, 6) is 0. The average molecular weight is 224 g/mol. The number of benzene rings is 2. The topological polar surface area (TPSA) is 32.0 Å². The van der Waals surface area contributed by atoms with E-state index in [1.54, 1.807) is 0 Å². The van der Waals surface area contributed by atoms with Gasteiger partial charge < -0.3 is 0 Å². The molecule has 0 aliphatic heterocycles. The Morgan fingerprint density at radius 2 is 1.65 bits per heavy atom. The Morgan fingerprint density at radius 3 is 2.41 bits per heavy atom. The molecule has 0 saturated carbocycles. The molecule has 0 radical (unpaired) electrons. The van der Waals surface area contributed by atoms with Crippen LogP contribution < -0.4 is 5.10 Å². The molecule has 0 atom stereocenters. The zero-order valence-electron chi connectivity index (χ0n) is 9.94. The molecule has 0 saturated heterocycles. The highest BCUT2D eigenvalue weighted by Gasteiger charge is 2.11. The zero-order chi connectivity index (χ0) is 11.8. The molecule has 0 unspecified atom stereocenters. The third-order valence-corrected chi connectivity index (χ3v) is 2.87. The maximum Gasteiger partial charge on any atom is 0.249 e. The molecule has 0 aliphatic rings. The van der Waals surface area contributed by atoms with Gasteiger partial charge in [-0.2, -0.15) is 5.10 Å². The van der Waals surface area contributed by atoms with E-state index in [4.69, 9.17) is 0 Å². The number of aromatic nitrogens is 3. The van der Waals surface area contributed by atoms with Crippen LogP contribution in [0.4, 0.5) is 0 Å². The third kappa shape index (κ3) is 1.80. The molecular formula is C14H14N3+. The number of rotatable bonds is 1. The summed E-state index contributed by atoms with van der Waals surface area (Å²) in [6.45, 7) is 4.15. The van der Waals surface area contributed by atoms with E-state index in [9.17, 15) is 0 Å². The number of nitrogens with one attached hydrogen (secondary N) is 1. The fourth-order valence-electron chi connectivity index (χ4n) is 1.87.